The largest absolute Gasteiger partial charge is 0.416 e. The van der Waals surface area contributed by atoms with Gasteiger partial charge in [-0.1, -0.05) is 6.07 Å². The molecule has 1 heterocycles. The molecule has 3 rings (SSSR count). The number of nitrogens with one attached hydrogen (secondary N) is 1. The van der Waals surface area contributed by atoms with Gasteiger partial charge in [-0.2, -0.15) is 13.2 Å². The van der Waals surface area contributed by atoms with Crippen molar-refractivity contribution in [2.45, 2.75) is 12.6 Å². The van der Waals surface area contributed by atoms with E-state index >= 15 is 0 Å². The number of halogens is 5. The topological polar surface area (TPSA) is 35.6 Å². The number of nitrogens with zero attached hydrogens (tertiary/aromatic N) is 2. The molecule has 1 aliphatic rings. The predicted molar refractivity (Wildman–Crippen MR) is 103 cm³/mol. The highest BCUT2D eigenvalue weighted by atomic mass is 19.4. The molecule has 0 spiro atoms. The van der Waals surface area contributed by atoms with E-state index in [0.717, 1.165) is 30.3 Å². The molecule has 162 valence electrons. The normalized spacial score (nSPS) is 15.3. The minimum Gasteiger partial charge on any atom is -0.369 e. The van der Waals surface area contributed by atoms with Gasteiger partial charge in [-0.05, 0) is 49.4 Å². The Morgan fingerprint density at radius 1 is 1.00 bits per heavy atom. The molecule has 1 saturated heterocycles. The molecule has 1 N–H and O–H groups in total. The lowest BCUT2D eigenvalue weighted by molar-refractivity contribution is -0.137. The van der Waals surface area contributed by atoms with Crippen LogP contribution in [0, 0.1) is 11.6 Å². The summed E-state index contributed by atoms with van der Waals surface area (Å²) in [5.74, 6) is -2.12. The van der Waals surface area contributed by atoms with E-state index in [1.165, 1.54) is 6.07 Å². The quantitative estimate of drug-likeness (QED) is 0.561. The smallest absolute Gasteiger partial charge is 0.369 e. The molecule has 1 fully saturated rings. The van der Waals surface area contributed by atoms with Crippen LogP contribution in [0.2, 0.25) is 0 Å². The first-order valence-corrected chi connectivity index (χ1v) is 9.62. The molecule has 9 heteroatoms. The van der Waals surface area contributed by atoms with E-state index in [4.69, 9.17) is 0 Å². The van der Waals surface area contributed by atoms with E-state index in [2.05, 4.69) is 10.2 Å². The lowest BCUT2D eigenvalue weighted by atomic mass is 10.1. The number of hydrogen-bond donors (Lipinski definition) is 1. The van der Waals surface area contributed by atoms with Gasteiger partial charge in [0.15, 0.2) is 0 Å². The maximum Gasteiger partial charge on any atom is 0.416 e. The standard InChI is InChI=1S/C21H22F5N3O/c22-16-5-6-19(23)18(14-16)20(30)27-7-2-8-28-9-11-29(12-10-28)17-4-1-3-15(13-17)21(24,25)26/h1,3-6,13-14H,2,7-12H2,(H,27,30). The summed E-state index contributed by atoms with van der Waals surface area (Å²) in [4.78, 5) is 16.0. The Balaban J connectivity index is 1.41. The fourth-order valence-electron chi connectivity index (χ4n) is 3.38. The molecule has 0 aliphatic carbocycles. The molecular weight excluding hydrogens is 405 g/mol. The molecule has 4 nitrogen and oxygen atoms in total. The van der Waals surface area contributed by atoms with Crippen LogP contribution in [0.3, 0.4) is 0 Å². The molecule has 0 atom stereocenters. The number of anilines is 1. The molecule has 2 aromatic carbocycles. The number of carbonyl (C=O) groups is 1. The zero-order valence-corrected chi connectivity index (χ0v) is 16.2. The highest BCUT2D eigenvalue weighted by Crippen LogP contribution is 2.31. The second kappa shape index (κ2) is 9.42. The monoisotopic (exact) mass is 427 g/mol. The van der Waals surface area contributed by atoms with Crippen LogP contribution in [0.1, 0.15) is 22.3 Å². The Morgan fingerprint density at radius 2 is 1.73 bits per heavy atom. The van der Waals surface area contributed by atoms with E-state index < -0.39 is 29.3 Å². The molecule has 1 amide bonds. The summed E-state index contributed by atoms with van der Waals surface area (Å²) < 4.78 is 65.4. The van der Waals surface area contributed by atoms with Crippen LogP contribution >= 0.6 is 0 Å². The van der Waals surface area contributed by atoms with Crippen LogP contribution in [0.15, 0.2) is 42.5 Å². The van der Waals surface area contributed by atoms with Crippen molar-refractivity contribution in [1.82, 2.24) is 10.2 Å². The van der Waals surface area contributed by atoms with Crippen LogP contribution in [0.4, 0.5) is 27.6 Å². The molecule has 1 aliphatic heterocycles. The number of alkyl halides is 3. The average molecular weight is 427 g/mol. The molecule has 0 radical (unpaired) electrons. The summed E-state index contributed by atoms with van der Waals surface area (Å²) in [5, 5.41) is 2.57. The number of rotatable bonds is 6. The minimum atomic E-state index is -4.36. The van der Waals surface area contributed by atoms with Gasteiger partial charge in [0.2, 0.25) is 0 Å². The lowest BCUT2D eigenvalue weighted by Crippen LogP contribution is -2.47. The molecular formula is C21H22F5N3O. The molecule has 0 bridgehead atoms. The molecule has 0 saturated carbocycles. The van der Waals surface area contributed by atoms with Crippen molar-refractivity contribution in [1.29, 1.82) is 0 Å². The first-order valence-electron chi connectivity index (χ1n) is 9.62. The number of hydrogen-bond acceptors (Lipinski definition) is 3. The Bertz CT molecular complexity index is 879. The van der Waals surface area contributed by atoms with Crippen molar-refractivity contribution in [3.05, 3.63) is 65.2 Å². The molecule has 0 aromatic heterocycles. The Labute approximate surface area is 171 Å². The Kier molecular flexibility index (Phi) is 6.91. The summed E-state index contributed by atoms with van der Waals surface area (Å²) in [7, 11) is 0. The van der Waals surface area contributed by atoms with Gasteiger partial charge in [0.25, 0.3) is 5.91 Å². The Hall–Kier alpha value is -2.68. The molecule has 2 aromatic rings. The third-order valence-electron chi connectivity index (χ3n) is 5.02. The van der Waals surface area contributed by atoms with Crippen molar-refractivity contribution in [2.24, 2.45) is 0 Å². The van der Waals surface area contributed by atoms with Gasteiger partial charge in [0.05, 0.1) is 11.1 Å². The van der Waals surface area contributed by atoms with E-state index in [-0.39, 0.29) is 5.56 Å². The summed E-state index contributed by atoms with van der Waals surface area (Å²) in [6, 6.07) is 8.03. The zero-order chi connectivity index (χ0) is 21.7. The maximum absolute atomic E-state index is 13.6. The Morgan fingerprint density at radius 3 is 2.43 bits per heavy atom. The highest BCUT2D eigenvalue weighted by Gasteiger charge is 2.31. The van der Waals surface area contributed by atoms with E-state index in [1.54, 1.807) is 6.07 Å². The van der Waals surface area contributed by atoms with E-state index in [0.29, 0.717) is 51.4 Å². The van der Waals surface area contributed by atoms with Gasteiger partial charge in [-0.25, -0.2) is 8.78 Å². The van der Waals surface area contributed by atoms with Gasteiger partial charge in [-0.15, -0.1) is 0 Å². The van der Waals surface area contributed by atoms with Gasteiger partial charge in [0.1, 0.15) is 11.6 Å². The van der Waals surface area contributed by atoms with Gasteiger partial charge in [0, 0.05) is 38.4 Å². The first kappa shape index (κ1) is 22.0. The summed E-state index contributed by atoms with van der Waals surface area (Å²) in [6.45, 7) is 3.56. The van der Waals surface area contributed by atoms with Crippen LogP contribution in [-0.4, -0.2) is 50.1 Å². The van der Waals surface area contributed by atoms with E-state index in [9.17, 15) is 26.7 Å². The lowest BCUT2D eigenvalue weighted by Gasteiger charge is -2.36. The van der Waals surface area contributed by atoms with Crippen molar-refractivity contribution < 1.29 is 26.7 Å². The van der Waals surface area contributed by atoms with Crippen molar-refractivity contribution in [3.8, 4) is 0 Å². The van der Waals surface area contributed by atoms with Crippen molar-refractivity contribution in [2.75, 3.05) is 44.2 Å². The molecule has 0 unspecified atom stereocenters. The predicted octanol–water partition coefficient (Wildman–Crippen LogP) is 3.93. The average Bonchev–Trinajstić information content (AvgIpc) is 2.73. The number of piperazine rings is 1. The van der Waals surface area contributed by atoms with Crippen LogP contribution < -0.4 is 10.2 Å². The fourth-order valence-corrected chi connectivity index (χ4v) is 3.38. The SMILES string of the molecule is O=C(NCCCN1CCN(c2cccc(C(F)(F)F)c2)CC1)c1cc(F)ccc1F. The van der Waals surface area contributed by atoms with Crippen molar-refractivity contribution >= 4 is 11.6 Å². The second-order valence-corrected chi connectivity index (χ2v) is 7.11. The van der Waals surface area contributed by atoms with Gasteiger partial charge >= 0.3 is 6.18 Å². The molecule has 30 heavy (non-hydrogen) atoms. The third kappa shape index (κ3) is 5.69. The number of carbonyl (C=O) groups excluding carboxylic acids is 1. The highest BCUT2D eigenvalue weighted by molar-refractivity contribution is 5.94. The van der Waals surface area contributed by atoms with Crippen LogP contribution in [0.25, 0.3) is 0 Å². The number of amides is 1. The number of benzene rings is 2. The zero-order valence-electron chi connectivity index (χ0n) is 16.2. The van der Waals surface area contributed by atoms with Crippen molar-refractivity contribution in [3.63, 3.8) is 0 Å². The second-order valence-electron chi connectivity index (χ2n) is 7.11. The van der Waals surface area contributed by atoms with E-state index in [1.807, 2.05) is 4.90 Å². The first-order chi connectivity index (χ1) is 14.2. The van der Waals surface area contributed by atoms with Crippen LogP contribution in [-0.2, 0) is 6.18 Å². The van der Waals surface area contributed by atoms with Gasteiger partial charge in [-0.3, -0.25) is 9.69 Å². The minimum absolute atomic E-state index is 0.308. The summed E-state index contributed by atoms with van der Waals surface area (Å²) in [5.41, 5.74) is -0.438. The third-order valence-corrected chi connectivity index (χ3v) is 5.02. The summed E-state index contributed by atoms with van der Waals surface area (Å²) >= 11 is 0. The fraction of sp³-hybridized carbons (Fsp3) is 0.381. The van der Waals surface area contributed by atoms with Crippen LogP contribution in [0.5, 0.6) is 0 Å². The van der Waals surface area contributed by atoms with Gasteiger partial charge < -0.3 is 10.2 Å². The summed E-state index contributed by atoms with van der Waals surface area (Å²) in [6.07, 6.45) is -3.75. The maximum atomic E-state index is 13.6.